The highest BCUT2D eigenvalue weighted by Crippen LogP contribution is 2.24. The van der Waals surface area contributed by atoms with E-state index in [9.17, 15) is 4.79 Å². The van der Waals surface area contributed by atoms with E-state index >= 15 is 0 Å². The third kappa shape index (κ3) is 2.93. The number of likely N-dealkylation sites (tertiary alicyclic amines) is 2. The number of nitrogens with zero attached hydrogens (tertiary/aromatic N) is 2. The van der Waals surface area contributed by atoms with Crippen LogP contribution >= 0.6 is 0 Å². The van der Waals surface area contributed by atoms with Gasteiger partial charge in [-0.2, -0.15) is 0 Å². The van der Waals surface area contributed by atoms with Crippen molar-refractivity contribution in [2.75, 3.05) is 26.2 Å². The van der Waals surface area contributed by atoms with Gasteiger partial charge in [-0.25, -0.2) is 4.79 Å². The average molecular weight is 238 g/mol. The molecule has 3 nitrogen and oxygen atoms in total. The Bertz CT molecular complexity index is 279. The first-order chi connectivity index (χ1) is 8.08. The van der Waals surface area contributed by atoms with E-state index in [4.69, 9.17) is 0 Å². The van der Waals surface area contributed by atoms with Crippen molar-refractivity contribution in [3.8, 4) is 0 Å². The fourth-order valence-corrected chi connectivity index (χ4v) is 3.00. The van der Waals surface area contributed by atoms with Gasteiger partial charge in [-0.15, -0.1) is 0 Å². The van der Waals surface area contributed by atoms with Gasteiger partial charge in [0.2, 0.25) is 0 Å². The molecule has 0 saturated carbocycles. The van der Waals surface area contributed by atoms with E-state index in [0.717, 1.165) is 38.5 Å². The number of hydrogen-bond donors (Lipinski definition) is 0. The first kappa shape index (κ1) is 12.7. The Morgan fingerprint density at radius 2 is 1.65 bits per heavy atom. The largest absolute Gasteiger partial charge is 0.324 e. The quantitative estimate of drug-likeness (QED) is 0.636. The molecule has 2 rings (SSSR count). The first-order valence-corrected chi connectivity index (χ1v) is 7.11. The lowest BCUT2D eigenvalue weighted by Gasteiger charge is -2.40. The van der Waals surface area contributed by atoms with Crippen molar-refractivity contribution in [2.24, 2.45) is 17.8 Å². The Kier molecular flexibility index (Phi) is 3.95. The lowest BCUT2D eigenvalue weighted by molar-refractivity contribution is 0.100. The number of piperidine rings is 2. The van der Waals surface area contributed by atoms with Gasteiger partial charge < -0.3 is 9.80 Å². The Labute approximate surface area is 105 Å². The molecule has 3 atom stereocenters. The molecule has 2 amide bonds. The van der Waals surface area contributed by atoms with Crippen molar-refractivity contribution in [3.05, 3.63) is 0 Å². The van der Waals surface area contributed by atoms with Crippen molar-refractivity contribution < 1.29 is 4.79 Å². The molecule has 2 heterocycles. The standard InChI is InChI=1S/C14H26N2O/c1-11-5-4-7-15(9-11)14(17)16-8-6-12(2)13(3)10-16/h11-13H,4-10H2,1-3H3. The van der Waals surface area contributed by atoms with Crippen LogP contribution in [-0.2, 0) is 0 Å². The van der Waals surface area contributed by atoms with Crippen LogP contribution in [0.15, 0.2) is 0 Å². The van der Waals surface area contributed by atoms with Crippen LogP contribution in [0.1, 0.15) is 40.0 Å². The van der Waals surface area contributed by atoms with Crippen molar-refractivity contribution in [1.82, 2.24) is 9.80 Å². The normalized spacial score (nSPS) is 34.9. The minimum atomic E-state index is 0.287. The summed E-state index contributed by atoms with van der Waals surface area (Å²) in [5, 5.41) is 0. The van der Waals surface area contributed by atoms with Crippen LogP contribution in [0.5, 0.6) is 0 Å². The van der Waals surface area contributed by atoms with E-state index in [2.05, 4.69) is 30.6 Å². The monoisotopic (exact) mass is 238 g/mol. The van der Waals surface area contributed by atoms with Crippen LogP contribution in [0, 0.1) is 17.8 Å². The highest BCUT2D eigenvalue weighted by atomic mass is 16.2. The molecule has 0 bridgehead atoms. The second kappa shape index (κ2) is 5.28. The van der Waals surface area contributed by atoms with Gasteiger partial charge in [-0.05, 0) is 37.0 Å². The lowest BCUT2D eigenvalue weighted by Crippen LogP contribution is -2.51. The molecule has 2 saturated heterocycles. The van der Waals surface area contributed by atoms with E-state index in [1.807, 2.05) is 0 Å². The van der Waals surface area contributed by atoms with E-state index in [0.29, 0.717) is 11.8 Å². The number of carbonyl (C=O) groups is 1. The summed E-state index contributed by atoms with van der Waals surface area (Å²) in [6.45, 7) is 10.6. The van der Waals surface area contributed by atoms with Gasteiger partial charge in [0.05, 0.1) is 0 Å². The van der Waals surface area contributed by atoms with E-state index in [-0.39, 0.29) is 6.03 Å². The van der Waals surface area contributed by atoms with Crippen LogP contribution in [0.25, 0.3) is 0 Å². The molecule has 0 aromatic heterocycles. The molecule has 2 aliphatic rings. The minimum Gasteiger partial charge on any atom is -0.324 e. The Hall–Kier alpha value is -0.730. The zero-order valence-electron chi connectivity index (χ0n) is 11.5. The molecular formula is C14H26N2O. The molecule has 2 aliphatic heterocycles. The van der Waals surface area contributed by atoms with Crippen molar-refractivity contribution in [1.29, 1.82) is 0 Å². The van der Waals surface area contributed by atoms with E-state index in [1.165, 1.54) is 12.8 Å². The predicted molar refractivity (Wildman–Crippen MR) is 69.9 cm³/mol. The second-order valence-electron chi connectivity index (χ2n) is 6.17. The maximum Gasteiger partial charge on any atom is 0.320 e. The maximum atomic E-state index is 12.4. The smallest absolute Gasteiger partial charge is 0.320 e. The molecular weight excluding hydrogens is 212 g/mol. The third-order valence-corrected chi connectivity index (χ3v) is 4.53. The van der Waals surface area contributed by atoms with Crippen LogP contribution in [0.2, 0.25) is 0 Å². The highest BCUT2D eigenvalue weighted by molar-refractivity contribution is 5.74. The fourth-order valence-electron chi connectivity index (χ4n) is 3.00. The molecule has 0 aromatic rings. The summed E-state index contributed by atoms with van der Waals surface area (Å²) in [6.07, 6.45) is 3.61. The first-order valence-electron chi connectivity index (χ1n) is 7.11. The van der Waals surface area contributed by atoms with Crippen LogP contribution in [-0.4, -0.2) is 42.0 Å². The van der Waals surface area contributed by atoms with E-state index < -0.39 is 0 Å². The molecule has 98 valence electrons. The highest BCUT2D eigenvalue weighted by Gasteiger charge is 2.30. The molecule has 0 spiro atoms. The second-order valence-corrected chi connectivity index (χ2v) is 6.17. The topological polar surface area (TPSA) is 23.6 Å². The summed E-state index contributed by atoms with van der Waals surface area (Å²) >= 11 is 0. The van der Waals surface area contributed by atoms with Crippen molar-refractivity contribution in [2.45, 2.75) is 40.0 Å². The zero-order valence-corrected chi connectivity index (χ0v) is 11.5. The van der Waals surface area contributed by atoms with Gasteiger partial charge in [0, 0.05) is 26.2 Å². The Balaban J connectivity index is 1.91. The predicted octanol–water partition coefficient (Wildman–Crippen LogP) is 2.82. The van der Waals surface area contributed by atoms with Gasteiger partial charge in [0.15, 0.2) is 0 Å². The maximum absolute atomic E-state index is 12.4. The minimum absolute atomic E-state index is 0.287. The number of urea groups is 1. The number of hydrogen-bond acceptors (Lipinski definition) is 1. The van der Waals surface area contributed by atoms with Crippen LogP contribution in [0.4, 0.5) is 4.79 Å². The number of rotatable bonds is 0. The molecule has 17 heavy (non-hydrogen) atoms. The summed E-state index contributed by atoms with van der Waals surface area (Å²) in [7, 11) is 0. The average Bonchev–Trinajstić information content (AvgIpc) is 2.32. The van der Waals surface area contributed by atoms with Gasteiger partial charge in [0.25, 0.3) is 0 Å². The fraction of sp³-hybridized carbons (Fsp3) is 0.929. The van der Waals surface area contributed by atoms with Crippen LogP contribution < -0.4 is 0 Å². The molecule has 0 radical (unpaired) electrons. The summed E-state index contributed by atoms with van der Waals surface area (Å²) in [4.78, 5) is 16.5. The summed E-state index contributed by atoms with van der Waals surface area (Å²) in [6, 6.07) is 0.287. The Morgan fingerprint density at radius 3 is 2.29 bits per heavy atom. The van der Waals surface area contributed by atoms with Gasteiger partial charge in [-0.1, -0.05) is 20.8 Å². The molecule has 2 fully saturated rings. The number of amides is 2. The molecule has 0 aliphatic carbocycles. The SMILES string of the molecule is CC1CCCN(C(=O)N2CCC(C)C(C)C2)C1. The summed E-state index contributed by atoms with van der Waals surface area (Å²) in [5.41, 5.74) is 0. The van der Waals surface area contributed by atoms with E-state index in [1.54, 1.807) is 0 Å². The molecule has 3 heteroatoms. The Morgan fingerprint density at radius 1 is 0.941 bits per heavy atom. The van der Waals surface area contributed by atoms with Crippen LogP contribution in [0.3, 0.4) is 0 Å². The van der Waals surface area contributed by atoms with Gasteiger partial charge in [-0.3, -0.25) is 0 Å². The molecule has 0 N–H and O–H groups in total. The van der Waals surface area contributed by atoms with Crippen molar-refractivity contribution in [3.63, 3.8) is 0 Å². The zero-order chi connectivity index (χ0) is 12.4. The third-order valence-electron chi connectivity index (χ3n) is 4.53. The lowest BCUT2D eigenvalue weighted by atomic mass is 9.89. The number of carbonyl (C=O) groups excluding carboxylic acids is 1. The molecule has 3 unspecified atom stereocenters. The summed E-state index contributed by atoms with van der Waals surface area (Å²) < 4.78 is 0. The van der Waals surface area contributed by atoms with Gasteiger partial charge >= 0.3 is 6.03 Å². The van der Waals surface area contributed by atoms with Gasteiger partial charge in [0.1, 0.15) is 0 Å². The summed E-state index contributed by atoms with van der Waals surface area (Å²) in [5.74, 6) is 2.09. The molecule has 0 aromatic carbocycles. The van der Waals surface area contributed by atoms with Crippen molar-refractivity contribution >= 4 is 6.03 Å².